The molecule has 1 fully saturated rings. The molecule has 8 nitrogen and oxygen atoms in total. The van der Waals surface area contributed by atoms with Gasteiger partial charge in [0.25, 0.3) is 0 Å². The number of carbonyl (C=O) groups is 1. The summed E-state index contributed by atoms with van der Waals surface area (Å²) in [6.45, 7) is 7.87. The van der Waals surface area contributed by atoms with Crippen molar-refractivity contribution in [2.24, 2.45) is 5.92 Å². The standard InChI is InChI=1S/C32H38N4O4S/c1-23(2)22-30(32(37)35-17-16-33)40-31(27-10-14-29(15-11-27)41(3,38)39)26-6-4-24(5-7-26)25-8-12-28(13-9-25)36-20-18-34-19-21-36/h4-15,23,30-31,34H,17-22H2,1-3H3,(H,35,37)/t30-,31+/m0/s1. The molecule has 41 heavy (non-hydrogen) atoms. The molecule has 9 heteroatoms. The molecule has 1 saturated heterocycles. The second-order valence-corrected chi connectivity index (χ2v) is 12.8. The molecule has 1 amide bonds. The predicted molar refractivity (Wildman–Crippen MR) is 161 cm³/mol. The quantitative estimate of drug-likeness (QED) is 0.328. The Morgan fingerprint density at radius 3 is 2.00 bits per heavy atom. The molecule has 1 aliphatic rings. The number of piperazine rings is 1. The van der Waals surface area contributed by atoms with Gasteiger partial charge >= 0.3 is 0 Å². The Kier molecular flexibility index (Phi) is 10.2. The van der Waals surface area contributed by atoms with E-state index in [4.69, 9.17) is 10.00 Å². The van der Waals surface area contributed by atoms with E-state index in [2.05, 4.69) is 39.8 Å². The number of anilines is 1. The number of rotatable bonds is 11. The number of ether oxygens (including phenoxy) is 1. The van der Waals surface area contributed by atoms with Crippen LogP contribution in [0.2, 0.25) is 0 Å². The molecule has 0 radical (unpaired) electrons. The Morgan fingerprint density at radius 2 is 1.49 bits per heavy atom. The Hall–Kier alpha value is -3.71. The maximum atomic E-state index is 12.9. The highest BCUT2D eigenvalue weighted by molar-refractivity contribution is 7.90. The number of nitriles is 1. The lowest BCUT2D eigenvalue weighted by Crippen LogP contribution is -2.43. The van der Waals surface area contributed by atoms with Crippen molar-refractivity contribution < 1.29 is 17.9 Å². The van der Waals surface area contributed by atoms with Crippen LogP contribution in [0.5, 0.6) is 0 Å². The molecule has 0 saturated carbocycles. The van der Waals surface area contributed by atoms with Crippen LogP contribution >= 0.6 is 0 Å². The third kappa shape index (κ3) is 8.17. The molecule has 0 unspecified atom stereocenters. The maximum absolute atomic E-state index is 12.9. The minimum Gasteiger partial charge on any atom is -0.369 e. The van der Waals surface area contributed by atoms with E-state index in [1.165, 1.54) is 11.9 Å². The number of nitrogens with zero attached hydrogens (tertiary/aromatic N) is 2. The molecular formula is C32H38N4O4S. The maximum Gasteiger partial charge on any atom is 0.250 e. The van der Waals surface area contributed by atoms with Gasteiger partial charge in [-0.1, -0.05) is 62.4 Å². The number of carbonyl (C=O) groups excluding carboxylic acids is 1. The van der Waals surface area contributed by atoms with Gasteiger partial charge in [0.15, 0.2) is 9.84 Å². The highest BCUT2D eigenvalue weighted by atomic mass is 32.2. The summed E-state index contributed by atoms with van der Waals surface area (Å²) in [6.07, 6.45) is 0.222. The molecule has 0 aliphatic carbocycles. The van der Waals surface area contributed by atoms with Crippen molar-refractivity contribution in [2.75, 3.05) is 43.9 Å². The van der Waals surface area contributed by atoms with Crippen molar-refractivity contribution in [2.45, 2.75) is 37.4 Å². The number of hydrogen-bond donors (Lipinski definition) is 2. The first-order valence-electron chi connectivity index (χ1n) is 13.9. The van der Waals surface area contributed by atoms with Crippen molar-refractivity contribution >= 4 is 21.4 Å². The lowest BCUT2D eigenvalue weighted by Gasteiger charge is -2.29. The van der Waals surface area contributed by atoms with Gasteiger partial charge in [-0.05, 0) is 58.9 Å². The molecule has 2 atom stereocenters. The summed E-state index contributed by atoms with van der Waals surface area (Å²) < 4.78 is 30.5. The van der Waals surface area contributed by atoms with Crippen LogP contribution in [-0.2, 0) is 19.4 Å². The van der Waals surface area contributed by atoms with Gasteiger partial charge in [0.05, 0.1) is 11.0 Å². The molecule has 0 bridgehead atoms. The first-order valence-corrected chi connectivity index (χ1v) is 15.8. The van der Waals surface area contributed by atoms with Gasteiger partial charge in [0.2, 0.25) is 5.91 Å². The molecule has 3 aromatic carbocycles. The number of amides is 1. The summed E-state index contributed by atoms with van der Waals surface area (Å²) in [5, 5.41) is 15.0. The van der Waals surface area contributed by atoms with Crippen LogP contribution in [0.25, 0.3) is 11.1 Å². The summed E-state index contributed by atoms with van der Waals surface area (Å²) in [5.74, 6) is -0.174. The predicted octanol–water partition coefficient (Wildman–Crippen LogP) is 4.33. The minimum atomic E-state index is -3.36. The van der Waals surface area contributed by atoms with E-state index in [1.54, 1.807) is 24.3 Å². The zero-order valence-corrected chi connectivity index (χ0v) is 24.7. The van der Waals surface area contributed by atoms with Crippen LogP contribution in [-0.4, -0.2) is 59.4 Å². The second kappa shape index (κ2) is 13.8. The summed E-state index contributed by atoms with van der Waals surface area (Å²) in [5.41, 5.74) is 4.92. The van der Waals surface area contributed by atoms with Gasteiger partial charge in [-0.3, -0.25) is 4.79 Å². The molecule has 216 valence electrons. The van der Waals surface area contributed by atoms with Gasteiger partial charge < -0.3 is 20.3 Å². The van der Waals surface area contributed by atoms with E-state index >= 15 is 0 Å². The van der Waals surface area contributed by atoms with Crippen molar-refractivity contribution in [3.05, 3.63) is 83.9 Å². The first-order chi connectivity index (χ1) is 19.7. The zero-order valence-electron chi connectivity index (χ0n) is 23.8. The van der Waals surface area contributed by atoms with Gasteiger partial charge in [-0.2, -0.15) is 5.26 Å². The topological polar surface area (TPSA) is 112 Å². The van der Waals surface area contributed by atoms with Gasteiger partial charge in [-0.15, -0.1) is 0 Å². The van der Waals surface area contributed by atoms with Crippen molar-refractivity contribution in [3.8, 4) is 17.2 Å². The summed E-state index contributed by atoms with van der Waals surface area (Å²) in [6, 6.07) is 25.1. The second-order valence-electron chi connectivity index (χ2n) is 10.8. The van der Waals surface area contributed by atoms with Crippen LogP contribution in [0.1, 0.15) is 37.5 Å². The third-order valence-electron chi connectivity index (χ3n) is 7.13. The fourth-order valence-electron chi connectivity index (χ4n) is 4.93. The smallest absolute Gasteiger partial charge is 0.250 e. The van der Waals surface area contributed by atoms with E-state index < -0.39 is 22.0 Å². The molecule has 0 aromatic heterocycles. The van der Waals surface area contributed by atoms with E-state index in [0.29, 0.717) is 6.42 Å². The largest absolute Gasteiger partial charge is 0.369 e. The average Bonchev–Trinajstić information content (AvgIpc) is 2.98. The van der Waals surface area contributed by atoms with Crippen LogP contribution in [0.4, 0.5) is 5.69 Å². The Bertz CT molecular complexity index is 1440. The molecular weight excluding hydrogens is 536 g/mol. The lowest BCUT2D eigenvalue weighted by atomic mass is 9.97. The van der Waals surface area contributed by atoms with E-state index in [1.807, 2.05) is 44.2 Å². The van der Waals surface area contributed by atoms with Crippen molar-refractivity contribution in [3.63, 3.8) is 0 Å². The molecule has 0 spiro atoms. The Morgan fingerprint density at radius 1 is 0.951 bits per heavy atom. The summed E-state index contributed by atoms with van der Waals surface area (Å²) in [4.78, 5) is 15.5. The number of benzene rings is 3. The van der Waals surface area contributed by atoms with Gasteiger partial charge in [-0.25, -0.2) is 8.42 Å². The van der Waals surface area contributed by atoms with Crippen molar-refractivity contribution in [1.82, 2.24) is 10.6 Å². The monoisotopic (exact) mass is 574 g/mol. The first kappa shape index (κ1) is 30.3. The van der Waals surface area contributed by atoms with E-state index in [9.17, 15) is 13.2 Å². The fourth-order valence-corrected chi connectivity index (χ4v) is 5.57. The van der Waals surface area contributed by atoms with E-state index in [0.717, 1.165) is 48.4 Å². The number of hydrogen-bond acceptors (Lipinski definition) is 7. The van der Waals surface area contributed by atoms with E-state index in [-0.39, 0.29) is 23.3 Å². The SMILES string of the molecule is CC(C)C[C@H](O[C@H](c1ccc(-c2ccc(N3CCNCC3)cc2)cc1)c1ccc(S(C)(=O)=O)cc1)C(=O)NCC#N. The number of nitrogens with one attached hydrogen (secondary N) is 2. The van der Waals surface area contributed by atoms with Crippen LogP contribution in [0, 0.1) is 17.2 Å². The normalized spacial score (nSPS) is 15.2. The van der Waals surface area contributed by atoms with Crippen molar-refractivity contribution in [1.29, 1.82) is 5.26 Å². The van der Waals surface area contributed by atoms with Crippen LogP contribution < -0.4 is 15.5 Å². The van der Waals surface area contributed by atoms with Gasteiger partial charge in [0, 0.05) is 38.1 Å². The lowest BCUT2D eigenvalue weighted by molar-refractivity contribution is -0.136. The fraction of sp³-hybridized carbons (Fsp3) is 0.375. The molecule has 1 heterocycles. The van der Waals surface area contributed by atoms with Crippen LogP contribution in [0.3, 0.4) is 0 Å². The Balaban J connectivity index is 1.62. The molecule has 1 aliphatic heterocycles. The van der Waals surface area contributed by atoms with Gasteiger partial charge in [0.1, 0.15) is 18.8 Å². The molecule has 3 aromatic rings. The Labute approximate surface area is 243 Å². The zero-order chi connectivity index (χ0) is 29.4. The highest BCUT2D eigenvalue weighted by Gasteiger charge is 2.27. The minimum absolute atomic E-state index is 0.105. The summed E-state index contributed by atoms with van der Waals surface area (Å²) in [7, 11) is -3.36. The highest BCUT2D eigenvalue weighted by Crippen LogP contribution is 2.32. The third-order valence-corrected chi connectivity index (χ3v) is 8.26. The van der Waals surface area contributed by atoms with Crippen LogP contribution in [0.15, 0.2) is 77.7 Å². The number of sulfone groups is 1. The average molecular weight is 575 g/mol. The summed E-state index contributed by atoms with van der Waals surface area (Å²) >= 11 is 0. The molecule has 2 N–H and O–H groups in total. The molecule has 4 rings (SSSR count).